The minimum absolute atomic E-state index is 0.104. The van der Waals surface area contributed by atoms with Gasteiger partial charge in [0.05, 0.1) is 10.2 Å². The molecule has 0 aliphatic heterocycles. The first-order valence-corrected chi connectivity index (χ1v) is 9.19. The molecule has 0 aliphatic rings. The molecule has 1 amide bonds. The second-order valence-corrected chi connectivity index (χ2v) is 7.87. The third kappa shape index (κ3) is 4.98. The number of nitrogens with one attached hydrogen (secondary N) is 1. The van der Waals surface area contributed by atoms with Crippen LogP contribution in [0.1, 0.15) is 33.4 Å². The van der Waals surface area contributed by atoms with Gasteiger partial charge in [0.1, 0.15) is 11.2 Å². The number of ketones is 1. The van der Waals surface area contributed by atoms with Crippen LogP contribution in [-0.2, 0) is 16.1 Å². The number of likely N-dealkylation sites (N-methyl/N-ethyl adjacent to an activating group) is 1. The van der Waals surface area contributed by atoms with Gasteiger partial charge in [-0.25, -0.2) is 0 Å². The second-order valence-electron chi connectivity index (χ2n) is 6.81. The van der Waals surface area contributed by atoms with Gasteiger partial charge < -0.3 is 5.32 Å². The molecule has 138 valence electrons. The molecule has 0 saturated heterocycles. The molecule has 0 aromatic carbocycles. The van der Waals surface area contributed by atoms with Crippen LogP contribution in [0.3, 0.4) is 0 Å². The predicted molar refractivity (Wildman–Crippen MR) is 103 cm³/mol. The van der Waals surface area contributed by atoms with E-state index in [1.165, 1.54) is 22.0 Å². The Bertz CT molecular complexity index is 966. The summed E-state index contributed by atoms with van der Waals surface area (Å²) in [5, 5.41) is 2.68. The Morgan fingerprint density at radius 2 is 2.04 bits per heavy atom. The number of carbonyl (C=O) groups is 2. The summed E-state index contributed by atoms with van der Waals surface area (Å²) >= 11 is 1.18. The molecule has 2 heterocycles. The van der Waals surface area contributed by atoms with Crippen LogP contribution in [0, 0.1) is 5.41 Å². The number of amides is 1. The maximum Gasteiger partial charge on any atom is 0.269 e. The summed E-state index contributed by atoms with van der Waals surface area (Å²) in [5.74, 6) is -0.373. The van der Waals surface area contributed by atoms with Crippen LogP contribution in [0.5, 0.6) is 0 Å². The third-order valence-electron chi connectivity index (χ3n) is 3.57. The van der Waals surface area contributed by atoms with E-state index in [0.717, 1.165) is 0 Å². The maximum atomic E-state index is 12.8. The zero-order valence-corrected chi connectivity index (χ0v) is 16.2. The van der Waals surface area contributed by atoms with E-state index in [2.05, 4.69) is 10.3 Å². The molecule has 0 aliphatic carbocycles. The molecule has 0 atom stereocenters. The van der Waals surface area contributed by atoms with Crippen molar-refractivity contribution < 1.29 is 9.59 Å². The molecule has 2 rings (SSSR count). The lowest BCUT2D eigenvalue weighted by atomic mass is 9.91. The number of pyridine rings is 1. The van der Waals surface area contributed by atoms with Gasteiger partial charge >= 0.3 is 0 Å². The number of carbonyl (C=O) groups excluding carboxylic acids is 2. The molecule has 0 radical (unpaired) electrons. The van der Waals surface area contributed by atoms with Crippen molar-refractivity contribution in [1.82, 2.24) is 14.9 Å². The minimum Gasteiger partial charge on any atom is -0.355 e. The molecule has 1 N–H and O–H groups in total. The van der Waals surface area contributed by atoms with Crippen molar-refractivity contribution in [1.29, 1.82) is 0 Å². The zero-order chi connectivity index (χ0) is 19.3. The van der Waals surface area contributed by atoms with Crippen LogP contribution < -0.4 is 20.1 Å². The Hall–Kier alpha value is -2.54. The van der Waals surface area contributed by atoms with Gasteiger partial charge in [0, 0.05) is 24.2 Å². The highest BCUT2D eigenvalue weighted by molar-refractivity contribution is 7.07. The van der Waals surface area contributed by atoms with Crippen LogP contribution in [0.4, 0.5) is 0 Å². The van der Waals surface area contributed by atoms with E-state index in [0.29, 0.717) is 21.4 Å². The summed E-state index contributed by atoms with van der Waals surface area (Å²) in [5.41, 5.74) is -0.230. The van der Waals surface area contributed by atoms with E-state index in [-0.39, 0.29) is 23.8 Å². The first-order valence-electron chi connectivity index (χ1n) is 8.37. The Morgan fingerprint density at radius 1 is 1.31 bits per heavy atom. The lowest BCUT2D eigenvalue weighted by molar-refractivity contribution is -0.122. The molecule has 0 fully saturated rings. The van der Waals surface area contributed by atoms with Crippen molar-refractivity contribution in [2.24, 2.45) is 5.41 Å². The van der Waals surface area contributed by atoms with Gasteiger partial charge in [-0.2, -0.15) is 0 Å². The second kappa shape index (κ2) is 8.23. The molecule has 0 saturated carbocycles. The normalized spacial score (nSPS) is 13.1. The van der Waals surface area contributed by atoms with Crippen molar-refractivity contribution in [3.8, 4) is 0 Å². The van der Waals surface area contributed by atoms with Crippen LogP contribution in [-0.4, -0.2) is 27.8 Å². The first kappa shape index (κ1) is 19.8. The van der Waals surface area contributed by atoms with E-state index in [9.17, 15) is 14.4 Å². The molecule has 7 heteroatoms. The molecule has 2 aromatic rings. The number of hydrogen-bond donors (Lipinski definition) is 1. The minimum atomic E-state index is -0.568. The number of Topliss-reactive ketones (excluding diaryl/α,β-unsaturated/α-hetero) is 1. The molecular weight excluding hydrogens is 350 g/mol. The molecular formula is C19H23N3O3S. The maximum absolute atomic E-state index is 12.8. The number of nitrogens with zero attached hydrogens (tertiary/aromatic N) is 2. The van der Waals surface area contributed by atoms with Gasteiger partial charge in [-0.1, -0.05) is 26.8 Å². The van der Waals surface area contributed by atoms with Gasteiger partial charge in [0.2, 0.25) is 5.91 Å². The highest BCUT2D eigenvalue weighted by atomic mass is 32.1. The van der Waals surface area contributed by atoms with Crippen LogP contribution in [0.15, 0.2) is 29.2 Å². The van der Waals surface area contributed by atoms with Crippen molar-refractivity contribution in [3.05, 3.63) is 49.6 Å². The highest BCUT2D eigenvalue weighted by Gasteiger charge is 2.20. The Balaban J connectivity index is 2.62. The van der Waals surface area contributed by atoms with Gasteiger partial charge in [-0.3, -0.25) is 23.9 Å². The fourth-order valence-corrected chi connectivity index (χ4v) is 3.14. The SMILES string of the molecule is CCNC(=O)Cn1c(=O)/c(=C\c2ccccn2)s/c1=C\C(=O)C(C)(C)C. The van der Waals surface area contributed by atoms with E-state index in [4.69, 9.17) is 0 Å². The van der Waals surface area contributed by atoms with Crippen molar-refractivity contribution in [2.45, 2.75) is 34.2 Å². The Morgan fingerprint density at radius 3 is 2.62 bits per heavy atom. The highest BCUT2D eigenvalue weighted by Crippen LogP contribution is 2.14. The van der Waals surface area contributed by atoms with Crippen LogP contribution in [0.25, 0.3) is 12.2 Å². The number of rotatable bonds is 5. The number of aromatic nitrogens is 2. The molecule has 6 nitrogen and oxygen atoms in total. The molecule has 0 spiro atoms. The van der Waals surface area contributed by atoms with Gasteiger partial charge in [0.25, 0.3) is 5.56 Å². The van der Waals surface area contributed by atoms with E-state index in [1.54, 1.807) is 24.4 Å². The average molecular weight is 373 g/mol. The van der Waals surface area contributed by atoms with Crippen molar-refractivity contribution in [2.75, 3.05) is 6.54 Å². The molecule has 26 heavy (non-hydrogen) atoms. The Kier molecular flexibility index (Phi) is 6.26. The zero-order valence-electron chi connectivity index (χ0n) is 15.4. The summed E-state index contributed by atoms with van der Waals surface area (Å²) in [6.45, 7) is 7.60. The lowest BCUT2D eigenvalue weighted by Crippen LogP contribution is -2.38. The summed E-state index contributed by atoms with van der Waals surface area (Å²) in [6, 6.07) is 5.41. The smallest absolute Gasteiger partial charge is 0.269 e. The van der Waals surface area contributed by atoms with Gasteiger partial charge in [0.15, 0.2) is 5.78 Å². The summed E-state index contributed by atoms with van der Waals surface area (Å²) in [7, 11) is 0. The predicted octanol–water partition coefficient (Wildman–Crippen LogP) is 0.665. The topological polar surface area (TPSA) is 81.1 Å². The van der Waals surface area contributed by atoms with Crippen LogP contribution >= 0.6 is 11.3 Å². The molecule has 0 unspecified atom stereocenters. The quantitative estimate of drug-likeness (QED) is 0.835. The molecule has 0 bridgehead atoms. The lowest BCUT2D eigenvalue weighted by Gasteiger charge is -2.12. The van der Waals surface area contributed by atoms with Crippen molar-refractivity contribution >= 4 is 35.2 Å². The summed E-state index contributed by atoms with van der Waals surface area (Å²) < 4.78 is 2.23. The van der Waals surface area contributed by atoms with Crippen LogP contribution in [0.2, 0.25) is 0 Å². The van der Waals surface area contributed by atoms with E-state index >= 15 is 0 Å². The fourth-order valence-electron chi connectivity index (χ4n) is 2.11. The van der Waals surface area contributed by atoms with E-state index in [1.807, 2.05) is 33.8 Å². The number of thiazole rings is 1. The number of hydrogen-bond acceptors (Lipinski definition) is 5. The van der Waals surface area contributed by atoms with Gasteiger partial charge in [-0.15, -0.1) is 11.3 Å². The summed E-state index contributed by atoms with van der Waals surface area (Å²) in [6.07, 6.45) is 4.75. The van der Waals surface area contributed by atoms with Gasteiger partial charge in [-0.05, 0) is 25.1 Å². The van der Waals surface area contributed by atoms with Crippen molar-refractivity contribution in [3.63, 3.8) is 0 Å². The fraction of sp³-hybridized carbons (Fsp3) is 0.368. The van der Waals surface area contributed by atoms with E-state index < -0.39 is 5.41 Å². The third-order valence-corrected chi connectivity index (χ3v) is 4.63. The monoisotopic (exact) mass is 373 g/mol. The molecule has 2 aromatic heterocycles. The first-order chi connectivity index (χ1) is 12.2. The largest absolute Gasteiger partial charge is 0.355 e. The Labute approximate surface area is 155 Å². The standard InChI is InChI=1S/C19H23N3O3S/c1-5-20-16(24)12-22-17(11-15(23)19(2,3)4)26-14(18(22)25)10-13-8-6-7-9-21-13/h6-11H,5,12H2,1-4H3,(H,20,24)/b14-10+,17-11-. The summed E-state index contributed by atoms with van der Waals surface area (Å²) in [4.78, 5) is 41.3. The average Bonchev–Trinajstić information content (AvgIpc) is 2.84.